The van der Waals surface area contributed by atoms with E-state index in [9.17, 15) is 4.39 Å². The first kappa shape index (κ1) is 8.94. The smallest absolute Gasteiger partial charge is 0.126 e. The summed E-state index contributed by atoms with van der Waals surface area (Å²) in [5.41, 5.74) is 0. The third-order valence-electron chi connectivity index (χ3n) is 2.38. The maximum Gasteiger partial charge on any atom is 0.126 e. The first-order chi connectivity index (χ1) is 5.27. The van der Waals surface area contributed by atoms with Gasteiger partial charge in [0, 0.05) is 13.7 Å². The minimum atomic E-state index is -0.883. The molecule has 1 aliphatic rings. The first-order valence-electron chi connectivity index (χ1n) is 4.05. The van der Waals surface area contributed by atoms with Gasteiger partial charge in [-0.1, -0.05) is 0 Å². The average molecular weight is 162 g/mol. The highest BCUT2D eigenvalue weighted by Gasteiger charge is 2.29. The zero-order valence-corrected chi connectivity index (χ0v) is 6.79. The molecule has 0 aromatic carbocycles. The summed E-state index contributed by atoms with van der Waals surface area (Å²) in [5, 5.41) is 8.76. The van der Waals surface area contributed by atoms with Gasteiger partial charge in [-0.25, -0.2) is 4.39 Å². The molecule has 1 saturated carbocycles. The van der Waals surface area contributed by atoms with Crippen molar-refractivity contribution in [2.75, 3.05) is 13.7 Å². The van der Waals surface area contributed by atoms with Gasteiger partial charge in [-0.05, 0) is 25.2 Å². The zero-order chi connectivity index (χ0) is 8.27. The summed E-state index contributed by atoms with van der Waals surface area (Å²) in [7, 11) is 1.54. The normalized spacial score (nSPS) is 39.0. The van der Waals surface area contributed by atoms with Gasteiger partial charge in [-0.15, -0.1) is 0 Å². The second kappa shape index (κ2) is 4.02. The number of aliphatic hydroxyl groups excluding tert-OH is 1. The van der Waals surface area contributed by atoms with Crippen LogP contribution in [0.5, 0.6) is 0 Å². The third kappa shape index (κ3) is 2.14. The van der Waals surface area contributed by atoms with Gasteiger partial charge in [0.2, 0.25) is 0 Å². The summed E-state index contributed by atoms with van der Waals surface area (Å²) in [6.45, 7) is 0.108. The predicted octanol–water partition coefficient (Wildman–Crippen LogP) is 1.13. The van der Waals surface area contributed by atoms with Crippen LogP contribution < -0.4 is 0 Å². The van der Waals surface area contributed by atoms with Crippen molar-refractivity contribution in [1.82, 2.24) is 0 Å². The molecule has 0 bridgehead atoms. The summed E-state index contributed by atoms with van der Waals surface area (Å²) < 4.78 is 18.0. The number of hydrogen-bond acceptors (Lipinski definition) is 2. The zero-order valence-electron chi connectivity index (χ0n) is 6.79. The number of rotatable bonds is 2. The molecule has 0 radical (unpaired) electrons. The predicted molar refractivity (Wildman–Crippen MR) is 40.1 cm³/mol. The van der Waals surface area contributed by atoms with Crippen LogP contribution in [0.15, 0.2) is 0 Å². The molecule has 0 heterocycles. The highest BCUT2D eigenvalue weighted by atomic mass is 19.1. The standard InChI is InChI=1S/C8H15FO2/c1-11-8-3-2-6(5-10)4-7(8)9/h6-8,10H,2-5H2,1H3/t6-,7?,8+/m0/s1. The van der Waals surface area contributed by atoms with Gasteiger partial charge in [0.05, 0.1) is 6.10 Å². The van der Waals surface area contributed by atoms with E-state index < -0.39 is 6.17 Å². The lowest BCUT2D eigenvalue weighted by molar-refractivity contribution is -0.0171. The minimum Gasteiger partial charge on any atom is -0.396 e. The van der Waals surface area contributed by atoms with Gasteiger partial charge < -0.3 is 9.84 Å². The van der Waals surface area contributed by atoms with Crippen LogP contribution in [0.3, 0.4) is 0 Å². The first-order valence-corrected chi connectivity index (χ1v) is 4.05. The Hall–Kier alpha value is -0.150. The maximum absolute atomic E-state index is 13.0. The molecule has 1 rings (SSSR count). The highest BCUT2D eigenvalue weighted by molar-refractivity contribution is 4.79. The van der Waals surface area contributed by atoms with Crippen LogP contribution in [0.1, 0.15) is 19.3 Å². The average Bonchev–Trinajstić information content (AvgIpc) is 2.04. The van der Waals surface area contributed by atoms with Crippen LogP contribution in [-0.4, -0.2) is 31.1 Å². The molecular formula is C8H15FO2. The lowest BCUT2D eigenvalue weighted by Gasteiger charge is -2.29. The van der Waals surface area contributed by atoms with Gasteiger partial charge in [-0.2, -0.15) is 0 Å². The number of aliphatic hydroxyl groups is 1. The quantitative estimate of drug-likeness (QED) is 0.659. The number of hydrogen-bond donors (Lipinski definition) is 1. The Morgan fingerprint density at radius 2 is 2.27 bits per heavy atom. The summed E-state index contributed by atoms with van der Waals surface area (Å²) in [4.78, 5) is 0. The van der Waals surface area contributed by atoms with Crippen molar-refractivity contribution in [3.05, 3.63) is 0 Å². The monoisotopic (exact) mass is 162 g/mol. The van der Waals surface area contributed by atoms with Gasteiger partial charge in [0.1, 0.15) is 6.17 Å². The molecule has 0 amide bonds. The molecule has 0 saturated heterocycles. The number of alkyl halides is 1. The van der Waals surface area contributed by atoms with E-state index in [0.29, 0.717) is 6.42 Å². The molecule has 1 fully saturated rings. The van der Waals surface area contributed by atoms with E-state index in [2.05, 4.69) is 0 Å². The number of halogens is 1. The summed E-state index contributed by atoms with van der Waals surface area (Å²) >= 11 is 0. The topological polar surface area (TPSA) is 29.5 Å². The van der Waals surface area contributed by atoms with Crippen LogP contribution in [-0.2, 0) is 4.74 Å². The van der Waals surface area contributed by atoms with Crippen molar-refractivity contribution in [2.24, 2.45) is 5.92 Å². The molecule has 3 atom stereocenters. The van der Waals surface area contributed by atoms with E-state index in [0.717, 1.165) is 12.8 Å². The Bertz CT molecular complexity index is 119. The van der Waals surface area contributed by atoms with Crippen LogP contribution in [0, 0.1) is 5.92 Å². The van der Waals surface area contributed by atoms with E-state index in [1.54, 1.807) is 0 Å². The van der Waals surface area contributed by atoms with Crippen molar-refractivity contribution in [1.29, 1.82) is 0 Å². The maximum atomic E-state index is 13.0. The van der Waals surface area contributed by atoms with Gasteiger partial charge in [0.15, 0.2) is 0 Å². The molecule has 66 valence electrons. The van der Waals surface area contributed by atoms with Crippen LogP contribution in [0.2, 0.25) is 0 Å². The van der Waals surface area contributed by atoms with Crippen LogP contribution >= 0.6 is 0 Å². The molecule has 0 spiro atoms. The molecule has 2 nitrogen and oxygen atoms in total. The summed E-state index contributed by atoms with van der Waals surface area (Å²) in [6, 6.07) is 0. The van der Waals surface area contributed by atoms with E-state index in [4.69, 9.17) is 9.84 Å². The fourth-order valence-corrected chi connectivity index (χ4v) is 1.60. The van der Waals surface area contributed by atoms with Gasteiger partial charge in [-0.3, -0.25) is 0 Å². The SMILES string of the molecule is CO[C@@H]1CC[C@H](CO)CC1F. The molecule has 0 aromatic heterocycles. The molecule has 11 heavy (non-hydrogen) atoms. The lowest BCUT2D eigenvalue weighted by atomic mass is 9.87. The Morgan fingerprint density at radius 1 is 1.55 bits per heavy atom. The van der Waals surface area contributed by atoms with E-state index in [1.807, 2.05) is 0 Å². The van der Waals surface area contributed by atoms with Crippen molar-refractivity contribution in [2.45, 2.75) is 31.5 Å². The van der Waals surface area contributed by atoms with Crippen LogP contribution in [0.25, 0.3) is 0 Å². The van der Waals surface area contributed by atoms with Gasteiger partial charge in [0.25, 0.3) is 0 Å². The lowest BCUT2D eigenvalue weighted by Crippen LogP contribution is -2.33. The number of methoxy groups -OCH3 is 1. The third-order valence-corrected chi connectivity index (χ3v) is 2.38. The Kier molecular flexibility index (Phi) is 3.27. The van der Waals surface area contributed by atoms with Crippen molar-refractivity contribution < 1.29 is 14.2 Å². The molecule has 1 aliphatic carbocycles. The summed E-state index contributed by atoms with van der Waals surface area (Å²) in [6.07, 6.45) is 0.955. The van der Waals surface area contributed by atoms with Gasteiger partial charge >= 0.3 is 0 Å². The molecule has 0 aromatic rings. The van der Waals surface area contributed by atoms with Crippen LogP contribution in [0.4, 0.5) is 4.39 Å². The van der Waals surface area contributed by atoms with E-state index in [1.165, 1.54) is 7.11 Å². The van der Waals surface area contributed by atoms with Crippen molar-refractivity contribution in [3.63, 3.8) is 0 Å². The Balaban J connectivity index is 2.34. The second-order valence-electron chi connectivity index (χ2n) is 3.15. The fraction of sp³-hybridized carbons (Fsp3) is 1.00. The Morgan fingerprint density at radius 3 is 2.73 bits per heavy atom. The molecule has 3 heteroatoms. The van der Waals surface area contributed by atoms with E-state index in [-0.39, 0.29) is 18.6 Å². The Labute approximate surface area is 66.4 Å². The van der Waals surface area contributed by atoms with Crippen molar-refractivity contribution >= 4 is 0 Å². The minimum absolute atomic E-state index is 0.108. The molecule has 0 aliphatic heterocycles. The highest BCUT2D eigenvalue weighted by Crippen LogP contribution is 2.27. The molecule has 1 N–H and O–H groups in total. The molecular weight excluding hydrogens is 147 g/mol. The largest absolute Gasteiger partial charge is 0.396 e. The summed E-state index contributed by atoms with van der Waals surface area (Å²) in [5.74, 6) is 0.149. The molecule has 1 unspecified atom stereocenters. The van der Waals surface area contributed by atoms with E-state index >= 15 is 0 Å². The fourth-order valence-electron chi connectivity index (χ4n) is 1.60. The number of ether oxygens (including phenoxy) is 1. The van der Waals surface area contributed by atoms with Crippen molar-refractivity contribution in [3.8, 4) is 0 Å². The second-order valence-corrected chi connectivity index (χ2v) is 3.15.